The number of hydrogen-bond acceptors (Lipinski definition) is 5. The highest BCUT2D eigenvalue weighted by Gasteiger charge is 2.23. The molecule has 26 heavy (non-hydrogen) atoms. The Morgan fingerprint density at radius 3 is 2.46 bits per heavy atom. The Hall–Kier alpha value is -2.30. The lowest BCUT2D eigenvalue weighted by Gasteiger charge is -2.28. The number of rotatable bonds is 7. The average molecular weight is 354 g/mol. The summed E-state index contributed by atoms with van der Waals surface area (Å²) in [4.78, 5) is 0. The van der Waals surface area contributed by atoms with E-state index in [-0.39, 0.29) is 0 Å². The van der Waals surface area contributed by atoms with Gasteiger partial charge in [-0.3, -0.25) is 0 Å². The number of hydrogen-bond donors (Lipinski definition) is 2. The van der Waals surface area contributed by atoms with E-state index in [0.29, 0.717) is 28.9 Å². The van der Waals surface area contributed by atoms with Gasteiger partial charge in [-0.05, 0) is 55.9 Å². The van der Waals surface area contributed by atoms with Crippen LogP contribution < -0.4 is 16.2 Å². The van der Waals surface area contributed by atoms with E-state index in [1.165, 1.54) is 51.4 Å². The third-order valence-electron chi connectivity index (χ3n) is 5.39. The van der Waals surface area contributed by atoms with Crippen molar-refractivity contribution in [1.82, 2.24) is 10.2 Å². The molecule has 0 saturated heterocycles. The molecule has 5 heteroatoms. The van der Waals surface area contributed by atoms with Gasteiger partial charge in [-0.15, -0.1) is 5.10 Å². The fourth-order valence-corrected chi connectivity index (χ4v) is 3.80. The maximum atomic E-state index is 5.92. The summed E-state index contributed by atoms with van der Waals surface area (Å²) in [5.41, 5.74) is 13.8. The van der Waals surface area contributed by atoms with Crippen molar-refractivity contribution in [2.75, 3.05) is 11.5 Å². The number of aromatic nitrogens is 2. The highest BCUT2D eigenvalue weighted by molar-refractivity contribution is 5.61. The number of benzene rings is 1. The van der Waals surface area contributed by atoms with E-state index >= 15 is 0 Å². The first-order valence-electron chi connectivity index (χ1n) is 9.82. The van der Waals surface area contributed by atoms with Crippen LogP contribution in [0.5, 0.6) is 11.6 Å². The van der Waals surface area contributed by atoms with Crippen LogP contribution in [0, 0.1) is 5.92 Å². The van der Waals surface area contributed by atoms with Gasteiger partial charge in [-0.25, -0.2) is 0 Å². The van der Waals surface area contributed by atoms with Gasteiger partial charge < -0.3 is 16.2 Å². The van der Waals surface area contributed by atoms with E-state index in [9.17, 15) is 0 Å². The van der Waals surface area contributed by atoms with E-state index < -0.39 is 0 Å². The number of nitrogens with zero attached hydrogens (tertiary/aromatic N) is 2. The predicted molar refractivity (Wildman–Crippen MR) is 106 cm³/mol. The lowest BCUT2D eigenvalue weighted by Crippen LogP contribution is -2.14. The van der Waals surface area contributed by atoms with Crippen LogP contribution in [0.4, 0.5) is 11.4 Å². The second-order valence-electron chi connectivity index (χ2n) is 7.41. The Kier molecular flexibility index (Phi) is 6.31. The first-order valence-corrected chi connectivity index (χ1v) is 9.82. The number of anilines is 2. The number of ether oxygens (including phenoxy) is 1. The zero-order valence-electron chi connectivity index (χ0n) is 15.7. The molecule has 0 spiro atoms. The smallest absolute Gasteiger partial charge is 0.238 e. The molecule has 1 aromatic carbocycles. The van der Waals surface area contributed by atoms with Crippen LogP contribution in [0.15, 0.2) is 30.3 Å². The summed E-state index contributed by atoms with van der Waals surface area (Å²) in [6.07, 6.45) is 10.5. The quantitative estimate of drug-likeness (QED) is 0.521. The molecule has 1 saturated carbocycles. The minimum absolute atomic E-state index is 0.457. The van der Waals surface area contributed by atoms with Crippen LogP contribution in [0.1, 0.15) is 69.9 Å². The molecule has 0 atom stereocenters. The predicted octanol–water partition coefficient (Wildman–Crippen LogP) is 5.29. The van der Waals surface area contributed by atoms with E-state index in [2.05, 4.69) is 17.1 Å². The molecule has 5 nitrogen and oxygen atoms in total. The van der Waals surface area contributed by atoms with E-state index in [4.69, 9.17) is 16.2 Å². The van der Waals surface area contributed by atoms with Crippen molar-refractivity contribution < 1.29 is 4.74 Å². The number of nitrogen functional groups attached to an aromatic ring is 2. The van der Waals surface area contributed by atoms with Crippen molar-refractivity contribution in [2.24, 2.45) is 5.92 Å². The first-order chi connectivity index (χ1) is 12.7. The van der Waals surface area contributed by atoms with Crippen molar-refractivity contribution in [3.05, 3.63) is 36.0 Å². The molecule has 4 N–H and O–H groups in total. The Labute approximate surface area is 156 Å². The zero-order valence-corrected chi connectivity index (χ0v) is 15.7. The Balaban J connectivity index is 1.53. The molecule has 1 fully saturated rings. The molecule has 3 rings (SSSR count). The lowest BCUT2D eigenvalue weighted by atomic mass is 9.78. The molecule has 1 aliphatic carbocycles. The summed E-state index contributed by atoms with van der Waals surface area (Å²) in [5, 5.41) is 8.64. The van der Waals surface area contributed by atoms with Gasteiger partial charge in [-0.1, -0.05) is 32.6 Å². The molecular weight excluding hydrogens is 324 g/mol. The van der Waals surface area contributed by atoms with Crippen LogP contribution >= 0.6 is 0 Å². The summed E-state index contributed by atoms with van der Waals surface area (Å²) in [6, 6.07) is 9.10. The summed E-state index contributed by atoms with van der Waals surface area (Å²) in [6.45, 7) is 2.27. The molecule has 1 aromatic heterocycles. The summed E-state index contributed by atoms with van der Waals surface area (Å²) >= 11 is 0. The largest absolute Gasteiger partial charge is 0.435 e. The highest BCUT2D eigenvalue weighted by atomic mass is 16.5. The minimum atomic E-state index is 0.457. The van der Waals surface area contributed by atoms with E-state index in [0.717, 1.165) is 11.6 Å². The third-order valence-corrected chi connectivity index (χ3v) is 5.39. The summed E-state index contributed by atoms with van der Waals surface area (Å²) in [5.74, 6) is 2.44. The van der Waals surface area contributed by atoms with Gasteiger partial charge in [0.2, 0.25) is 5.88 Å². The Bertz CT molecular complexity index is 694. The maximum Gasteiger partial charge on any atom is 0.238 e. The molecule has 1 heterocycles. The average Bonchev–Trinajstić information content (AvgIpc) is 2.65. The molecular formula is C21H30N4O. The fraction of sp³-hybridized carbons (Fsp3) is 0.524. The molecule has 1 aliphatic rings. The Morgan fingerprint density at radius 1 is 1.00 bits per heavy atom. The van der Waals surface area contributed by atoms with Crippen molar-refractivity contribution in [1.29, 1.82) is 0 Å². The first kappa shape index (κ1) is 18.5. The standard InChI is InChI=1S/C21H30N4O/c1-2-3-4-5-15-6-8-16(9-7-15)19-11-13-21(25-24-19)26-20-12-10-17(22)14-18(20)23/h10-16H,2-9,22-23H2,1H3. The molecule has 0 aliphatic heterocycles. The SMILES string of the molecule is CCCCCC1CCC(c2ccc(Oc3ccc(N)cc3N)nn2)CC1. The molecule has 2 aromatic rings. The van der Waals surface area contributed by atoms with Crippen molar-refractivity contribution in [3.63, 3.8) is 0 Å². The van der Waals surface area contributed by atoms with Gasteiger partial charge in [0, 0.05) is 17.7 Å². The molecule has 0 bridgehead atoms. The van der Waals surface area contributed by atoms with Crippen molar-refractivity contribution in [3.8, 4) is 11.6 Å². The van der Waals surface area contributed by atoms with Crippen LogP contribution in [0.2, 0.25) is 0 Å². The monoisotopic (exact) mass is 354 g/mol. The highest BCUT2D eigenvalue weighted by Crippen LogP contribution is 2.37. The van der Waals surface area contributed by atoms with Crippen LogP contribution in [0.25, 0.3) is 0 Å². The van der Waals surface area contributed by atoms with Crippen LogP contribution in [-0.2, 0) is 0 Å². The van der Waals surface area contributed by atoms with Gasteiger partial charge in [-0.2, -0.15) is 5.10 Å². The van der Waals surface area contributed by atoms with E-state index in [1.807, 2.05) is 12.1 Å². The Morgan fingerprint density at radius 2 is 1.81 bits per heavy atom. The number of unbranched alkanes of at least 4 members (excludes halogenated alkanes) is 2. The second kappa shape index (κ2) is 8.88. The van der Waals surface area contributed by atoms with Gasteiger partial charge in [0.05, 0.1) is 11.4 Å². The zero-order chi connectivity index (χ0) is 18.4. The van der Waals surface area contributed by atoms with Gasteiger partial charge in [0.1, 0.15) is 0 Å². The van der Waals surface area contributed by atoms with Crippen molar-refractivity contribution in [2.45, 2.75) is 64.2 Å². The van der Waals surface area contributed by atoms with E-state index in [1.54, 1.807) is 18.2 Å². The molecule has 0 unspecified atom stereocenters. The minimum Gasteiger partial charge on any atom is -0.435 e. The summed E-state index contributed by atoms with van der Waals surface area (Å²) < 4.78 is 5.72. The number of nitrogens with two attached hydrogens (primary N) is 2. The molecule has 0 radical (unpaired) electrons. The normalized spacial score (nSPS) is 20.0. The maximum absolute atomic E-state index is 5.92. The molecule has 140 valence electrons. The van der Waals surface area contributed by atoms with Crippen molar-refractivity contribution >= 4 is 11.4 Å². The van der Waals surface area contributed by atoms with Gasteiger partial charge in [0.25, 0.3) is 0 Å². The third kappa shape index (κ3) is 4.87. The van der Waals surface area contributed by atoms with Gasteiger partial charge >= 0.3 is 0 Å². The second-order valence-corrected chi connectivity index (χ2v) is 7.41. The topological polar surface area (TPSA) is 87.0 Å². The summed E-state index contributed by atoms with van der Waals surface area (Å²) in [7, 11) is 0. The fourth-order valence-electron chi connectivity index (χ4n) is 3.80. The van der Waals surface area contributed by atoms with Crippen LogP contribution in [0.3, 0.4) is 0 Å². The lowest BCUT2D eigenvalue weighted by molar-refractivity contribution is 0.299. The van der Waals surface area contributed by atoms with Gasteiger partial charge in [0.15, 0.2) is 5.75 Å². The molecule has 0 amide bonds. The van der Waals surface area contributed by atoms with Crippen LogP contribution in [-0.4, -0.2) is 10.2 Å².